The minimum absolute atomic E-state index is 0.275. The molecular weight excluding hydrogens is 330 g/mol. The molecule has 1 heterocycles. The van der Waals surface area contributed by atoms with Crippen molar-refractivity contribution in [2.45, 2.75) is 19.3 Å². The van der Waals surface area contributed by atoms with Crippen LogP contribution < -0.4 is 10.6 Å². The van der Waals surface area contributed by atoms with Gasteiger partial charge in [0.25, 0.3) is 5.91 Å². The molecule has 1 fully saturated rings. The molecular formula is C14H17BrF2N2O. The van der Waals surface area contributed by atoms with Gasteiger partial charge in [-0.25, -0.2) is 8.78 Å². The Hall–Kier alpha value is -1.01. The lowest BCUT2D eigenvalue weighted by Gasteiger charge is -2.22. The van der Waals surface area contributed by atoms with Crippen molar-refractivity contribution in [3.05, 3.63) is 33.8 Å². The third-order valence-electron chi connectivity index (χ3n) is 3.47. The lowest BCUT2D eigenvalue weighted by molar-refractivity contribution is 0.0942. The summed E-state index contributed by atoms with van der Waals surface area (Å²) in [5.41, 5.74) is -0.519. The molecule has 1 aromatic rings. The van der Waals surface area contributed by atoms with Gasteiger partial charge in [-0.3, -0.25) is 4.79 Å². The van der Waals surface area contributed by atoms with Crippen molar-refractivity contribution >= 4 is 21.8 Å². The van der Waals surface area contributed by atoms with Crippen LogP contribution >= 0.6 is 15.9 Å². The van der Waals surface area contributed by atoms with Gasteiger partial charge in [0, 0.05) is 11.0 Å². The molecule has 1 saturated heterocycles. The molecule has 20 heavy (non-hydrogen) atoms. The van der Waals surface area contributed by atoms with E-state index in [0.29, 0.717) is 12.5 Å². The second-order valence-corrected chi connectivity index (χ2v) is 5.92. The summed E-state index contributed by atoms with van der Waals surface area (Å²) in [4.78, 5) is 11.8. The summed E-state index contributed by atoms with van der Waals surface area (Å²) >= 11 is 2.98. The lowest BCUT2D eigenvalue weighted by atomic mass is 9.96. The number of nitrogens with one attached hydrogen (secondary N) is 2. The Morgan fingerprint density at radius 1 is 1.40 bits per heavy atom. The van der Waals surface area contributed by atoms with Crippen LogP contribution in [0.25, 0.3) is 0 Å². The first-order valence-electron chi connectivity index (χ1n) is 6.71. The van der Waals surface area contributed by atoms with Crippen molar-refractivity contribution in [2.75, 3.05) is 19.6 Å². The molecule has 0 aromatic heterocycles. The van der Waals surface area contributed by atoms with Gasteiger partial charge in [-0.15, -0.1) is 0 Å². The normalized spacial score (nSPS) is 18.9. The van der Waals surface area contributed by atoms with Crippen LogP contribution in [-0.2, 0) is 0 Å². The first-order valence-corrected chi connectivity index (χ1v) is 7.50. The van der Waals surface area contributed by atoms with E-state index in [0.717, 1.165) is 44.5 Å². The fraction of sp³-hybridized carbons (Fsp3) is 0.500. The van der Waals surface area contributed by atoms with E-state index in [4.69, 9.17) is 0 Å². The highest BCUT2D eigenvalue weighted by Crippen LogP contribution is 2.19. The third-order valence-corrected chi connectivity index (χ3v) is 3.93. The maximum atomic E-state index is 13.6. The van der Waals surface area contributed by atoms with E-state index < -0.39 is 23.1 Å². The highest BCUT2D eigenvalue weighted by molar-refractivity contribution is 9.10. The van der Waals surface area contributed by atoms with Crippen LogP contribution in [0.4, 0.5) is 8.78 Å². The lowest BCUT2D eigenvalue weighted by Crippen LogP contribution is -2.33. The van der Waals surface area contributed by atoms with E-state index in [1.807, 2.05) is 0 Å². The number of carbonyl (C=O) groups is 1. The molecule has 1 aliphatic rings. The van der Waals surface area contributed by atoms with Crippen LogP contribution in [-0.4, -0.2) is 25.5 Å². The summed E-state index contributed by atoms with van der Waals surface area (Å²) in [6.45, 7) is 2.41. The summed E-state index contributed by atoms with van der Waals surface area (Å²) in [6.07, 6.45) is 3.08. The Morgan fingerprint density at radius 2 is 2.10 bits per heavy atom. The van der Waals surface area contributed by atoms with Crippen molar-refractivity contribution in [3.8, 4) is 0 Å². The van der Waals surface area contributed by atoms with E-state index in [2.05, 4.69) is 26.6 Å². The molecule has 1 aliphatic heterocycles. The van der Waals surface area contributed by atoms with Crippen LogP contribution in [0.15, 0.2) is 16.6 Å². The number of hydrogen-bond donors (Lipinski definition) is 2. The number of carbonyl (C=O) groups excluding carboxylic acids is 1. The SMILES string of the molecule is O=C(NCCC1CCCNC1)c1c(F)cc(Br)cc1F. The average Bonchev–Trinajstić information content (AvgIpc) is 2.38. The summed E-state index contributed by atoms with van der Waals surface area (Å²) in [7, 11) is 0. The van der Waals surface area contributed by atoms with Gasteiger partial charge in [0.1, 0.15) is 17.2 Å². The highest BCUT2D eigenvalue weighted by Gasteiger charge is 2.19. The van der Waals surface area contributed by atoms with Gasteiger partial charge in [-0.1, -0.05) is 15.9 Å². The Balaban J connectivity index is 1.88. The number of hydrogen-bond acceptors (Lipinski definition) is 2. The Labute approximate surface area is 125 Å². The molecule has 1 aromatic carbocycles. The molecule has 3 nitrogen and oxygen atoms in total. The maximum Gasteiger partial charge on any atom is 0.257 e. The molecule has 0 saturated carbocycles. The first kappa shape index (κ1) is 15.4. The van der Waals surface area contributed by atoms with Crippen LogP contribution in [0.3, 0.4) is 0 Å². The van der Waals surface area contributed by atoms with Crippen molar-refractivity contribution in [3.63, 3.8) is 0 Å². The zero-order chi connectivity index (χ0) is 14.5. The topological polar surface area (TPSA) is 41.1 Å². The molecule has 2 N–H and O–H groups in total. The van der Waals surface area contributed by atoms with E-state index in [1.54, 1.807) is 0 Å². The van der Waals surface area contributed by atoms with E-state index in [1.165, 1.54) is 0 Å². The standard InChI is InChI=1S/C14H17BrF2N2O/c15-10-6-11(16)13(12(17)7-10)14(20)19-5-3-9-2-1-4-18-8-9/h6-7,9,18H,1-5,8H2,(H,19,20). The molecule has 1 unspecified atom stereocenters. The molecule has 1 amide bonds. The predicted octanol–water partition coefficient (Wildman–Crippen LogP) is 2.85. The van der Waals surface area contributed by atoms with Gasteiger partial charge in [0.2, 0.25) is 0 Å². The number of amides is 1. The Bertz CT molecular complexity index is 467. The van der Waals surface area contributed by atoms with E-state index in [-0.39, 0.29) is 4.47 Å². The van der Waals surface area contributed by atoms with Gasteiger partial charge in [0.15, 0.2) is 0 Å². The predicted molar refractivity (Wildman–Crippen MR) is 76.6 cm³/mol. The molecule has 2 rings (SSSR count). The quantitative estimate of drug-likeness (QED) is 0.880. The van der Waals surface area contributed by atoms with Crippen LogP contribution in [0, 0.1) is 17.6 Å². The molecule has 0 spiro atoms. The maximum absolute atomic E-state index is 13.6. The monoisotopic (exact) mass is 346 g/mol. The smallest absolute Gasteiger partial charge is 0.257 e. The van der Waals surface area contributed by atoms with Gasteiger partial charge in [-0.05, 0) is 50.4 Å². The van der Waals surface area contributed by atoms with Gasteiger partial charge in [-0.2, -0.15) is 0 Å². The van der Waals surface area contributed by atoms with Crippen molar-refractivity contribution in [1.82, 2.24) is 10.6 Å². The average molecular weight is 347 g/mol. The number of benzene rings is 1. The summed E-state index contributed by atoms with van der Waals surface area (Å²) in [5.74, 6) is -1.89. The minimum atomic E-state index is -0.853. The molecule has 0 radical (unpaired) electrons. The molecule has 1 atom stereocenters. The molecule has 110 valence electrons. The van der Waals surface area contributed by atoms with Gasteiger partial charge in [0.05, 0.1) is 0 Å². The fourth-order valence-corrected chi connectivity index (χ4v) is 2.81. The zero-order valence-electron chi connectivity index (χ0n) is 11.0. The number of halogens is 3. The van der Waals surface area contributed by atoms with Crippen molar-refractivity contribution < 1.29 is 13.6 Å². The first-order chi connectivity index (χ1) is 9.58. The van der Waals surface area contributed by atoms with Crippen LogP contribution in [0.2, 0.25) is 0 Å². The molecule has 0 bridgehead atoms. The van der Waals surface area contributed by atoms with Crippen LogP contribution in [0.1, 0.15) is 29.6 Å². The van der Waals surface area contributed by atoms with Gasteiger partial charge < -0.3 is 10.6 Å². The van der Waals surface area contributed by atoms with E-state index in [9.17, 15) is 13.6 Å². The second kappa shape index (κ2) is 7.13. The fourth-order valence-electron chi connectivity index (χ4n) is 2.41. The van der Waals surface area contributed by atoms with Gasteiger partial charge >= 0.3 is 0 Å². The number of rotatable bonds is 4. The van der Waals surface area contributed by atoms with Crippen molar-refractivity contribution in [1.29, 1.82) is 0 Å². The Kier molecular flexibility index (Phi) is 5.48. The second-order valence-electron chi connectivity index (χ2n) is 5.00. The summed E-state index contributed by atoms with van der Waals surface area (Å²) < 4.78 is 27.5. The summed E-state index contributed by atoms with van der Waals surface area (Å²) in [6, 6.07) is 2.17. The van der Waals surface area contributed by atoms with Crippen LogP contribution in [0.5, 0.6) is 0 Å². The zero-order valence-corrected chi connectivity index (χ0v) is 12.6. The molecule has 6 heteroatoms. The van der Waals surface area contributed by atoms with Crippen molar-refractivity contribution in [2.24, 2.45) is 5.92 Å². The Morgan fingerprint density at radius 3 is 2.70 bits per heavy atom. The van der Waals surface area contributed by atoms with E-state index >= 15 is 0 Å². The highest BCUT2D eigenvalue weighted by atomic mass is 79.9. The third kappa shape index (κ3) is 3.99. The summed E-state index contributed by atoms with van der Waals surface area (Å²) in [5, 5.41) is 5.88. The minimum Gasteiger partial charge on any atom is -0.352 e. The largest absolute Gasteiger partial charge is 0.352 e. The number of piperidine rings is 1. The molecule has 0 aliphatic carbocycles.